The van der Waals surface area contributed by atoms with Crippen molar-refractivity contribution in [1.29, 1.82) is 5.26 Å². The maximum Gasteiger partial charge on any atom is 0.220 e. The Balaban J connectivity index is 1.68. The molecule has 18 heavy (non-hydrogen) atoms. The summed E-state index contributed by atoms with van der Waals surface area (Å²) >= 11 is 0. The van der Waals surface area contributed by atoms with E-state index in [0.29, 0.717) is 24.7 Å². The molecule has 0 spiro atoms. The maximum absolute atomic E-state index is 11.4. The largest absolute Gasteiger partial charge is 0.383 e. The van der Waals surface area contributed by atoms with E-state index in [2.05, 4.69) is 15.6 Å². The number of rotatable bonds is 6. The van der Waals surface area contributed by atoms with Crippen LogP contribution in [0.1, 0.15) is 31.4 Å². The normalized spacial score (nSPS) is 13.7. The number of hydrogen-bond donors (Lipinski definition) is 2. The lowest BCUT2D eigenvalue weighted by Gasteiger charge is -2.07. The van der Waals surface area contributed by atoms with Gasteiger partial charge in [-0.2, -0.15) is 5.26 Å². The Bertz CT molecular complexity index is 462. The van der Waals surface area contributed by atoms with Gasteiger partial charge < -0.3 is 10.6 Å². The van der Waals surface area contributed by atoms with E-state index in [1.165, 1.54) is 0 Å². The number of amides is 1. The van der Waals surface area contributed by atoms with Crippen molar-refractivity contribution in [3.63, 3.8) is 0 Å². The van der Waals surface area contributed by atoms with Crippen molar-refractivity contribution in [3.8, 4) is 6.07 Å². The van der Waals surface area contributed by atoms with Gasteiger partial charge in [0, 0.05) is 25.2 Å². The minimum Gasteiger partial charge on any atom is -0.383 e. The van der Waals surface area contributed by atoms with Crippen LogP contribution in [-0.2, 0) is 4.79 Å². The number of anilines is 1. The van der Waals surface area contributed by atoms with E-state index in [1.807, 2.05) is 12.1 Å². The first kappa shape index (κ1) is 12.4. The van der Waals surface area contributed by atoms with Gasteiger partial charge in [-0.25, -0.2) is 4.98 Å². The highest BCUT2D eigenvalue weighted by molar-refractivity contribution is 5.76. The molecule has 0 aliphatic heterocycles. The van der Waals surface area contributed by atoms with E-state index in [0.717, 1.165) is 24.9 Å². The molecule has 0 bridgehead atoms. The molecule has 94 valence electrons. The van der Waals surface area contributed by atoms with Gasteiger partial charge in [0.05, 0.1) is 5.69 Å². The highest BCUT2D eigenvalue weighted by atomic mass is 16.1. The number of carbonyl (C=O) groups is 1. The molecule has 0 radical (unpaired) electrons. The number of hydrogen-bond acceptors (Lipinski definition) is 4. The zero-order valence-corrected chi connectivity index (χ0v) is 10.1. The van der Waals surface area contributed by atoms with Crippen LogP contribution in [0.3, 0.4) is 0 Å². The first-order valence-corrected chi connectivity index (χ1v) is 6.18. The van der Waals surface area contributed by atoms with E-state index < -0.39 is 0 Å². The lowest BCUT2D eigenvalue weighted by atomic mass is 10.2. The van der Waals surface area contributed by atoms with Crippen LogP contribution in [0.4, 0.5) is 5.69 Å². The van der Waals surface area contributed by atoms with Gasteiger partial charge in [0.2, 0.25) is 5.91 Å². The quantitative estimate of drug-likeness (QED) is 0.742. The summed E-state index contributed by atoms with van der Waals surface area (Å²) in [5, 5.41) is 14.9. The van der Waals surface area contributed by atoms with Crippen molar-refractivity contribution in [3.05, 3.63) is 24.0 Å². The molecule has 5 nitrogen and oxygen atoms in total. The van der Waals surface area contributed by atoms with E-state index in [4.69, 9.17) is 5.26 Å². The first-order chi connectivity index (χ1) is 8.79. The molecule has 1 aromatic heterocycles. The van der Waals surface area contributed by atoms with Crippen molar-refractivity contribution in [2.24, 2.45) is 0 Å². The minimum absolute atomic E-state index is 0.117. The molecule has 1 fully saturated rings. The van der Waals surface area contributed by atoms with Gasteiger partial charge in [-0.15, -0.1) is 0 Å². The Morgan fingerprint density at radius 2 is 2.39 bits per heavy atom. The highest BCUT2D eigenvalue weighted by Gasteiger charge is 2.22. The Morgan fingerprint density at radius 1 is 1.56 bits per heavy atom. The molecule has 5 heteroatoms. The van der Waals surface area contributed by atoms with Gasteiger partial charge in [-0.05, 0) is 31.4 Å². The van der Waals surface area contributed by atoms with Crippen LogP contribution in [0.15, 0.2) is 18.3 Å². The molecular formula is C13H16N4O. The summed E-state index contributed by atoms with van der Waals surface area (Å²) in [7, 11) is 0. The molecule has 1 saturated carbocycles. The van der Waals surface area contributed by atoms with Gasteiger partial charge in [0.1, 0.15) is 6.07 Å². The summed E-state index contributed by atoms with van der Waals surface area (Å²) < 4.78 is 0. The van der Waals surface area contributed by atoms with Crippen LogP contribution in [0.2, 0.25) is 0 Å². The predicted octanol–water partition coefficient (Wildman–Crippen LogP) is 1.42. The molecule has 1 aromatic rings. The summed E-state index contributed by atoms with van der Waals surface area (Å²) in [6, 6.07) is 6.05. The standard InChI is InChI=1S/C13H16N4O/c14-9-12-11(3-1-7-16-12)15-8-2-4-13(18)17-10-5-6-10/h1,3,7,10,15H,2,4-6,8H2,(H,17,18). The molecule has 1 aliphatic carbocycles. The number of nitrogens with zero attached hydrogens (tertiary/aromatic N) is 2. The molecule has 2 rings (SSSR count). The van der Waals surface area contributed by atoms with Crippen molar-refractivity contribution in [1.82, 2.24) is 10.3 Å². The van der Waals surface area contributed by atoms with Crippen LogP contribution in [-0.4, -0.2) is 23.5 Å². The summed E-state index contributed by atoms with van der Waals surface area (Å²) in [5.74, 6) is 0.117. The lowest BCUT2D eigenvalue weighted by molar-refractivity contribution is -0.121. The predicted molar refractivity (Wildman–Crippen MR) is 67.8 cm³/mol. The number of nitriles is 1. The van der Waals surface area contributed by atoms with Gasteiger partial charge in [0.15, 0.2) is 5.69 Å². The number of aromatic nitrogens is 1. The van der Waals surface area contributed by atoms with E-state index >= 15 is 0 Å². The van der Waals surface area contributed by atoms with Gasteiger partial charge in [-0.3, -0.25) is 4.79 Å². The molecular weight excluding hydrogens is 228 g/mol. The van der Waals surface area contributed by atoms with Crippen molar-refractivity contribution >= 4 is 11.6 Å². The number of pyridine rings is 1. The fraction of sp³-hybridized carbons (Fsp3) is 0.462. The van der Waals surface area contributed by atoms with Crippen molar-refractivity contribution < 1.29 is 4.79 Å². The number of nitrogens with one attached hydrogen (secondary N) is 2. The third kappa shape index (κ3) is 3.74. The van der Waals surface area contributed by atoms with Crippen molar-refractivity contribution in [2.45, 2.75) is 31.7 Å². The lowest BCUT2D eigenvalue weighted by Crippen LogP contribution is -2.25. The molecule has 1 heterocycles. The molecule has 1 amide bonds. The van der Waals surface area contributed by atoms with Crippen LogP contribution in [0.5, 0.6) is 0 Å². The smallest absolute Gasteiger partial charge is 0.220 e. The van der Waals surface area contributed by atoms with Crippen LogP contribution < -0.4 is 10.6 Å². The zero-order valence-electron chi connectivity index (χ0n) is 10.1. The minimum atomic E-state index is 0.117. The molecule has 0 aromatic carbocycles. The van der Waals surface area contributed by atoms with E-state index in [1.54, 1.807) is 12.3 Å². The third-order valence-electron chi connectivity index (χ3n) is 2.75. The number of carbonyl (C=O) groups excluding carboxylic acids is 1. The second-order valence-electron chi connectivity index (χ2n) is 4.38. The van der Waals surface area contributed by atoms with Crippen LogP contribution in [0.25, 0.3) is 0 Å². The SMILES string of the molecule is N#Cc1ncccc1NCCCC(=O)NC1CC1. The maximum atomic E-state index is 11.4. The Morgan fingerprint density at radius 3 is 3.11 bits per heavy atom. The van der Waals surface area contributed by atoms with Gasteiger partial charge in [0.25, 0.3) is 0 Å². The first-order valence-electron chi connectivity index (χ1n) is 6.18. The molecule has 1 aliphatic rings. The topological polar surface area (TPSA) is 77.8 Å². The van der Waals surface area contributed by atoms with Crippen LogP contribution in [0, 0.1) is 11.3 Å². The highest BCUT2D eigenvalue weighted by Crippen LogP contribution is 2.18. The van der Waals surface area contributed by atoms with Crippen molar-refractivity contribution in [2.75, 3.05) is 11.9 Å². The fourth-order valence-corrected chi connectivity index (χ4v) is 1.64. The average Bonchev–Trinajstić information content (AvgIpc) is 3.19. The fourth-order valence-electron chi connectivity index (χ4n) is 1.64. The zero-order chi connectivity index (χ0) is 12.8. The molecule has 0 saturated heterocycles. The van der Waals surface area contributed by atoms with Gasteiger partial charge >= 0.3 is 0 Å². The second-order valence-corrected chi connectivity index (χ2v) is 4.38. The summed E-state index contributed by atoms with van der Waals surface area (Å²) in [6.45, 7) is 0.665. The average molecular weight is 244 g/mol. The van der Waals surface area contributed by atoms with Crippen LogP contribution >= 0.6 is 0 Å². The Kier molecular flexibility index (Phi) is 4.13. The van der Waals surface area contributed by atoms with Gasteiger partial charge in [-0.1, -0.05) is 0 Å². The monoisotopic (exact) mass is 244 g/mol. The Labute approximate surface area is 106 Å². The summed E-state index contributed by atoms with van der Waals surface area (Å²) in [5.41, 5.74) is 1.11. The summed E-state index contributed by atoms with van der Waals surface area (Å²) in [4.78, 5) is 15.4. The molecule has 2 N–H and O–H groups in total. The Hall–Kier alpha value is -2.09. The summed E-state index contributed by atoms with van der Waals surface area (Å²) in [6.07, 6.45) is 5.09. The third-order valence-corrected chi connectivity index (χ3v) is 2.75. The van der Waals surface area contributed by atoms with E-state index in [-0.39, 0.29) is 5.91 Å². The van der Waals surface area contributed by atoms with E-state index in [9.17, 15) is 4.79 Å². The second kappa shape index (κ2) is 6.01. The molecule has 0 atom stereocenters. The molecule has 0 unspecified atom stereocenters.